The molecule has 8 nitrogen and oxygen atoms in total. The molecule has 9 heteroatoms. The number of piperidine rings is 1. The summed E-state index contributed by atoms with van der Waals surface area (Å²) >= 11 is 0. The van der Waals surface area contributed by atoms with Gasteiger partial charge in [-0.3, -0.25) is 4.79 Å². The number of carboxylic acid groups (broad SMARTS) is 1. The van der Waals surface area contributed by atoms with Crippen LogP contribution >= 0.6 is 0 Å². The van der Waals surface area contributed by atoms with E-state index in [0.717, 1.165) is 6.26 Å². The zero-order valence-corrected chi connectivity index (χ0v) is 12.1. The first-order valence-corrected chi connectivity index (χ1v) is 8.19. The lowest BCUT2D eigenvalue weighted by atomic mass is 9.96. The lowest BCUT2D eigenvalue weighted by molar-refractivity contribution is -0.143. The van der Waals surface area contributed by atoms with Crippen LogP contribution in [-0.4, -0.2) is 66.8 Å². The number of carboxylic acids is 1. The van der Waals surface area contributed by atoms with Gasteiger partial charge in [-0.2, -0.15) is 0 Å². The Morgan fingerprint density at radius 3 is 2.30 bits per heavy atom. The molecule has 0 saturated carbocycles. The third-order valence-electron chi connectivity index (χ3n) is 3.33. The standard InChI is InChI=1S/C11H20N2O6S/c1-20(18,19)13-5-2-8(3-6-13)10(15)12-9(4-7-14)11(16)17/h8-9,14H,2-7H2,1H3,(H,12,15)(H,16,17)/t9-/m1/s1. The average molecular weight is 308 g/mol. The van der Waals surface area contributed by atoms with Crippen LogP contribution in [0.25, 0.3) is 0 Å². The predicted molar refractivity (Wildman–Crippen MR) is 70.4 cm³/mol. The number of sulfonamides is 1. The number of hydrogen-bond donors (Lipinski definition) is 3. The fourth-order valence-electron chi connectivity index (χ4n) is 2.13. The summed E-state index contributed by atoms with van der Waals surface area (Å²) in [4.78, 5) is 22.8. The Morgan fingerprint density at radius 2 is 1.90 bits per heavy atom. The highest BCUT2D eigenvalue weighted by Gasteiger charge is 2.30. The van der Waals surface area contributed by atoms with Gasteiger partial charge in [0.05, 0.1) is 6.26 Å². The summed E-state index contributed by atoms with van der Waals surface area (Å²) < 4.78 is 24.0. The van der Waals surface area contributed by atoms with Crippen molar-refractivity contribution in [2.24, 2.45) is 5.92 Å². The highest BCUT2D eigenvalue weighted by atomic mass is 32.2. The predicted octanol–water partition coefficient (Wildman–Crippen LogP) is -1.39. The molecule has 20 heavy (non-hydrogen) atoms. The van der Waals surface area contributed by atoms with E-state index in [1.165, 1.54) is 4.31 Å². The van der Waals surface area contributed by atoms with E-state index in [2.05, 4.69) is 5.32 Å². The number of hydrogen-bond acceptors (Lipinski definition) is 5. The molecule has 0 aromatic rings. The van der Waals surface area contributed by atoms with Gasteiger partial charge in [0.25, 0.3) is 0 Å². The molecule has 0 unspecified atom stereocenters. The maximum absolute atomic E-state index is 11.9. The lowest BCUT2D eigenvalue weighted by Crippen LogP contribution is -2.47. The molecule has 1 atom stereocenters. The Kier molecular flexibility index (Phi) is 5.90. The minimum absolute atomic E-state index is 0.0523. The molecule has 0 radical (unpaired) electrons. The molecule has 0 bridgehead atoms. The van der Waals surface area contributed by atoms with Gasteiger partial charge >= 0.3 is 5.97 Å². The van der Waals surface area contributed by atoms with Crippen LogP contribution in [0.15, 0.2) is 0 Å². The van der Waals surface area contributed by atoms with E-state index in [4.69, 9.17) is 10.2 Å². The first-order chi connectivity index (χ1) is 9.25. The van der Waals surface area contributed by atoms with Crippen LogP contribution in [-0.2, 0) is 19.6 Å². The molecular formula is C11H20N2O6S. The number of carbonyl (C=O) groups excluding carboxylic acids is 1. The Hall–Kier alpha value is -1.19. The van der Waals surface area contributed by atoms with Crippen molar-refractivity contribution in [2.75, 3.05) is 26.0 Å². The van der Waals surface area contributed by atoms with E-state index >= 15 is 0 Å². The van der Waals surface area contributed by atoms with E-state index in [-0.39, 0.29) is 26.1 Å². The van der Waals surface area contributed by atoms with Gasteiger partial charge in [0.2, 0.25) is 15.9 Å². The van der Waals surface area contributed by atoms with Crippen LogP contribution in [0.1, 0.15) is 19.3 Å². The summed E-state index contributed by atoms with van der Waals surface area (Å²) in [6, 6.07) is -1.11. The van der Waals surface area contributed by atoms with Crippen molar-refractivity contribution in [3.8, 4) is 0 Å². The van der Waals surface area contributed by atoms with Gasteiger partial charge in [-0.25, -0.2) is 17.5 Å². The van der Waals surface area contributed by atoms with Crippen LogP contribution in [0.2, 0.25) is 0 Å². The molecule has 1 rings (SSSR count). The van der Waals surface area contributed by atoms with Crippen LogP contribution < -0.4 is 5.32 Å². The third-order valence-corrected chi connectivity index (χ3v) is 4.63. The maximum atomic E-state index is 11.9. The fourth-order valence-corrected chi connectivity index (χ4v) is 3.00. The summed E-state index contributed by atoms with van der Waals surface area (Å²) in [7, 11) is -3.25. The molecule has 0 aromatic heterocycles. The summed E-state index contributed by atoms with van der Waals surface area (Å²) in [6.07, 6.45) is 1.80. The van der Waals surface area contributed by atoms with Gasteiger partial charge in [-0.1, -0.05) is 0 Å². The van der Waals surface area contributed by atoms with Gasteiger partial charge in [0.1, 0.15) is 6.04 Å². The number of aliphatic hydroxyl groups is 1. The smallest absolute Gasteiger partial charge is 0.326 e. The van der Waals surface area contributed by atoms with Gasteiger partial charge in [0, 0.05) is 32.0 Å². The second kappa shape index (κ2) is 7.00. The van der Waals surface area contributed by atoms with Crippen molar-refractivity contribution in [2.45, 2.75) is 25.3 Å². The third kappa shape index (κ3) is 4.73. The van der Waals surface area contributed by atoms with Crippen molar-refractivity contribution in [1.29, 1.82) is 0 Å². The topological polar surface area (TPSA) is 124 Å². The highest BCUT2D eigenvalue weighted by molar-refractivity contribution is 7.88. The Morgan fingerprint density at radius 1 is 1.35 bits per heavy atom. The van der Waals surface area contributed by atoms with Crippen molar-refractivity contribution >= 4 is 21.9 Å². The van der Waals surface area contributed by atoms with Crippen LogP contribution in [0.3, 0.4) is 0 Å². The van der Waals surface area contributed by atoms with Crippen LogP contribution in [0, 0.1) is 5.92 Å². The van der Waals surface area contributed by atoms with Crippen molar-refractivity contribution in [1.82, 2.24) is 9.62 Å². The number of rotatable bonds is 6. The molecular weight excluding hydrogens is 288 g/mol. The molecule has 1 saturated heterocycles. The molecule has 0 aromatic carbocycles. The quantitative estimate of drug-likeness (QED) is 0.555. The first-order valence-electron chi connectivity index (χ1n) is 6.35. The largest absolute Gasteiger partial charge is 0.480 e. The molecule has 1 fully saturated rings. The zero-order valence-electron chi connectivity index (χ0n) is 11.3. The maximum Gasteiger partial charge on any atom is 0.326 e. The minimum Gasteiger partial charge on any atom is -0.480 e. The lowest BCUT2D eigenvalue weighted by Gasteiger charge is -2.30. The number of nitrogens with zero attached hydrogens (tertiary/aromatic N) is 1. The number of carbonyl (C=O) groups is 2. The summed E-state index contributed by atoms with van der Waals surface area (Å²) in [5.74, 6) is -1.99. The monoisotopic (exact) mass is 308 g/mol. The highest BCUT2D eigenvalue weighted by Crippen LogP contribution is 2.19. The average Bonchev–Trinajstić information content (AvgIpc) is 2.37. The number of amides is 1. The number of aliphatic hydroxyl groups excluding tert-OH is 1. The molecule has 0 aliphatic carbocycles. The normalized spacial score (nSPS) is 19.5. The molecule has 1 aliphatic heterocycles. The molecule has 1 heterocycles. The number of nitrogens with one attached hydrogen (secondary N) is 1. The minimum atomic E-state index is -3.25. The van der Waals surface area contributed by atoms with E-state index in [1.54, 1.807) is 0 Å². The second-order valence-corrected chi connectivity index (χ2v) is 6.83. The van der Waals surface area contributed by atoms with E-state index < -0.39 is 33.9 Å². The molecule has 1 aliphatic rings. The van der Waals surface area contributed by atoms with Gasteiger partial charge in [0.15, 0.2) is 0 Å². The Bertz CT molecular complexity index is 456. The Balaban J connectivity index is 2.52. The van der Waals surface area contributed by atoms with E-state index in [0.29, 0.717) is 12.8 Å². The Labute approximate surface area is 117 Å². The second-order valence-electron chi connectivity index (χ2n) is 4.85. The summed E-state index contributed by atoms with van der Waals surface area (Å²) in [5, 5.41) is 20.0. The summed E-state index contributed by atoms with van der Waals surface area (Å²) in [5.41, 5.74) is 0. The van der Waals surface area contributed by atoms with Crippen molar-refractivity contribution in [3.05, 3.63) is 0 Å². The fraction of sp³-hybridized carbons (Fsp3) is 0.818. The van der Waals surface area contributed by atoms with Crippen LogP contribution in [0.5, 0.6) is 0 Å². The molecule has 3 N–H and O–H groups in total. The molecule has 116 valence electrons. The van der Waals surface area contributed by atoms with Crippen LogP contribution in [0.4, 0.5) is 0 Å². The molecule has 0 spiro atoms. The van der Waals surface area contributed by atoms with Gasteiger partial charge in [-0.15, -0.1) is 0 Å². The zero-order chi connectivity index (χ0) is 15.3. The molecule has 1 amide bonds. The SMILES string of the molecule is CS(=O)(=O)N1CCC(C(=O)N[C@H](CCO)C(=O)O)CC1. The summed E-state index contributed by atoms with van der Waals surface area (Å²) in [6.45, 7) is 0.188. The first kappa shape index (κ1) is 16.9. The van der Waals surface area contributed by atoms with Gasteiger partial charge < -0.3 is 15.5 Å². The van der Waals surface area contributed by atoms with Crippen molar-refractivity contribution < 1.29 is 28.2 Å². The van der Waals surface area contributed by atoms with Gasteiger partial charge in [-0.05, 0) is 12.8 Å². The van der Waals surface area contributed by atoms with E-state index in [9.17, 15) is 18.0 Å². The number of aliphatic carboxylic acids is 1. The van der Waals surface area contributed by atoms with E-state index in [1.807, 2.05) is 0 Å². The van der Waals surface area contributed by atoms with Crippen molar-refractivity contribution in [3.63, 3.8) is 0 Å².